The van der Waals surface area contributed by atoms with Gasteiger partial charge in [-0.3, -0.25) is 4.98 Å². The Morgan fingerprint density at radius 2 is 2.12 bits per heavy atom. The van der Waals surface area contributed by atoms with Crippen molar-refractivity contribution in [2.24, 2.45) is 0 Å². The molecule has 16 heavy (non-hydrogen) atoms. The summed E-state index contributed by atoms with van der Waals surface area (Å²) in [7, 11) is 0. The van der Waals surface area contributed by atoms with Crippen LogP contribution in [-0.2, 0) is 6.42 Å². The van der Waals surface area contributed by atoms with Gasteiger partial charge in [0.15, 0.2) is 0 Å². The fourth-order valence-electron chi connectivity index (χ4n) is 1.51. The normalized spacial score (nSPS) is 9.75. The van der Waals surface area contributed by atoms with Crippen LogP contribution < -0.4 is 0 Å². The lowest BCUT2D eigenvalue weighted by atomic mass is 10.0. The van der Waals surface area contributed by atoms with Gasteiger partial charge in [0.05, 0.1) is 5.56 Å². The SMILES string of the molecule is N#Cc1cc(Cc2cccnc2)ccc1F. The van der Waals surface area contributed by atoms with E-state index in [2.05, 4.69) is 4.98 Å². The van der Waals surface area contributed by atoms with Gasteiger partial charge in [-0.05, 0) is 35.7 Å². The fourth-order valence-corrected chi connectivity index (χ4v) is 1.51. The Hall–Kier alpha value is -2.21. The Bertz CT molecular complexity index is 529. The van der Waals surface area contributed by atoms with Crippen molar-refractivity contribution in [1.82, 2.24) is 4.98 Å². The van der Waals surface area contributed by atoms with E-state index in [1.54, 1.807) is 24.5 Å². The topological polar surface area (TPSA) is 36.7 Å². The van der Waals surface area contributed by atoms with Gasteiger partial charge in [0, 0.05) is 12.4 Å². The van der Waals surface area contributed by atoms with Crippen molar-refractivity contribution < 1.29 is 4.39 Å². The molecule has 2 rings (SSSR count). The molecule has 78 valence electrons. The van der Waals surface area contributed by atoms with E-state index in [0.29, 0.717) is 6.42 Å². The Morgan fingerprint density at radius 3 is 2.81 bits per heavy atom. The Kier molecular flexibility index (Phi) is 2.93. The predicted octanol–water partition coefficient (Wildman–Crippen LogP) is 2.68. The number of benzene rings is 1. The summed E-state index contributed by atoms with van der Waals surface area (Å²) >= 11 is 0. The molecule has 2 aromatic rings. The Morgan fingerprint density at radius 1 is 1.25 bits per heavy atom. The molecule has 0 spiro atoms. The van der Waals surface area contributed by atoms with Gasteiger partial charge in [-0.2, -0.15) is 5.26 Å². The average molecular weight is 212 g/mol. The second-order valence-electron chi connectivity index (χ2n) is 3.46. The first-order chi connectivity index (χ1) is 7.79. The summed E-state index contributed by atoms with van der Waals surface area (Å²) in [6, 6.07) is 10.2. The van der Waals surface area contributed by atoms with E-state index >= 15 is 0 Å². The van der Waals surface area contributed by atoms with Gasteiger partial charge in [0.25, 0.3) is 0 Å². The van der Waals surface area contributed by atoms with Gasteiger partial charge < -0.3 is 0 Å². The number of hydrogen-bond donors (Lipinski definition) is 0. The molecule has 0 saturated carbocycles. The van der Waals surface area contributed by atoms with Gasteiger partial charge in [-0.1, -0.05) is 12.1 Å². The fraction of sp³-hybridized carbons (Fsp3) is 0.0769. The maximum absolute atomic E-state index is 13.1. The van der Waals surface area contributed by atoms with Gasteiger partial charge >= 0.3 is 0 Å². The van der Waals surface area contributed by atoms with E-state index < -0.39 is 5.82 Å². The molecule has 1 aromatic carbocycles. The molecule has 0 aliphatic rings. The van der Waals surface area contributed by atoms with E-state index in [1.807, 2.05) is 18.2 Å². The zero-order chi connectivity index (χ0) is 11.4. The highest BCUT2D eigenvalue weighted by atomic mass is 19.1. The van der Waals surface area contributed by atoms with Crippen LogP contribution >= 0.6 is 0 Å². The van der Waals surface area contributed by atoms with Crippen LogP contribution in [0.25, 0.3) is 0 Å². The lowest BCUT2D eigenvalue weighted by molar-refractivity contribution is 0.623. The molecule has 0 amide bonds. The molecule has 0 aliphatic carbocycles. The van der Waals surface area contributed by atoms with Crippen LogP contribution in [0.2, 0.25) is 0 Å². The van der Waals surface area contributed by atoms with Crippen molar-refractivity contribution in [2.75, 3.05) is 0 Å². The van der Waals surface area contributed by atoms with E-state index in [4.69, 9.17) is 5.26 Å². The van der Waals surface area contributed by atoms with Crippen LogP contribution in [0.3, 0.4) is 0 Å². The summed E-state index contributed by atoms with van der Waals surface area (Å²) in [5.74, 6) is -0.475. The van der Waals surface area contributed by atoms with Crippen molar-refractivity contribution in [3.05, 3.63) is 65.2 Å². The summed E-state index contributed by atoms with van der Waals surface area (Å²) in [6.45, 7) is 0. The third-order valence-corrected chi connectivity index (χ3v) is 2.28. The number of rotatable bonds is 2. The van der Waals surface area contributed by atoms with E-state index in [1.165, 1.54) is 6.07 Å². The lowest BCUT2D eigenvalue weighted by Crippen LogP contribution is -1.92. The van der Waals surface area contributed by atoms with E-state index in [9.17, 15) is 4.39 Å². The highest BCUT2D eigenvalue weighted by molar-refractivity contribution is 5.36. The molecule has 0 radical (unpaired) electrons. The highest BCUT2D eigenvalue weighted by Crippen LogP contribution is 2.13. The average Bonchev–Trinajstić information content (AvgIpc) is 2.33. The number of hydrogen-bond acceptors (Lipinski definition) is 2. The van der Waals surface area contributed by atoms with Crippen molar-refractivity contribution in [1.29, 1.82) is 5.26 Å². The highest BCUT2D eigenvalue weighted by Gasteiger charge is 2.03. The van der Waals surface area contributed by atoms with Crippen molar-refractivity contribution in [2.45, 2.75) is 6.42 Å². The lowest BCUT2D eigenvalue weighted by Gasteiger charge is -2.02. The summed E-state index contributed by atoms with van der Waals surface area (Å²) in [6.07, 6.45) is 4.12. The maximum Gasteiger partial charge on any atom is 0.140 e. The maximum atomic E-state index is 13.1. The Balaban J connectivity index is 2.27. The third kappa shape index (κ3) is 2.23. The van der Waals surface area contributed by atoms with Crippen LogP contribution in [0.5, 0.6) is 0 Å². The molecular formula is C13H9FN2. The Labute approximate surface area is 93.0 Å². The van der Waals surface area contributed by atoms with Crippen molar-refractivity contribution in [3.8, 4) is 6.07 Å². The van der Waals surface area contributed by atoms with Gasteiger partial charge in [0.2, 0.25) is 0 Å². The monoisotopic (exact) mass is 212 g/mol. The van der Waals surface area contributed by atoms with E-state index in [-0.39, 0.29) is 5.56 Å². The van der Waals surface area contributed by atoms with Gasteiger partial charge in [0.1, 0.15) is 11.9 Å². The molecule has 1 heterocycles. The number of nitrogens with zero attached hydrogens (tertiary/aromatic N) is 2. The molecule has 0 aliphatic heterocycles. The number of aromatic nitrogens is 1. The zero-order valence-corrected chi connectivity index (χ0v) is 8.52. The molecule has 3 heteroatoms. The molecule has 0 saturated heterocycles. The molecule has 0 unspecified atom stereocenters. The third-order valence-electron chi connectivity index (χ3n) is 2.28. The van der Waals surface area contributed by atoms with Crippen LogP contribution in [-0.4, -0.2) is 4.98 Å². The van der Waals surface area contributed by atoms with E-state index in [0.717, 1.165) is 11.1 Å². The van der Waals surface area contributed by atoms with Crippen LogP contribution in [0, 0.1) is 17.1 Å². The summed E-state index contributed by atoms with van der Waals surface area (Å²) in [5.41, 5.74) is 2.03. The smallest absolute Gasteiger partial charge is 0.140 e. The molecule has 2 nitrogen and oxygen atoms in total. The second kappa shape index (κ2) is 4.54. The first-order valence-electron chi connectivity index (χ1n) is 4.87. The minimum absolute atomic E-state index is 0.0846. The molecule has 0 N–H and O–H groups in total. The van der Waals surface area contributed by atoms with Gasteiger partial charge in [-0.15, -0.1) is 0 Å². The number of pyridine rings is 1. The molecule has 1 aromatic heterocycles. The predicted molar refractivity (Wildman–Crippen MR) is 58.2 cm³/mol. The number of nitriles is 1. The molecule has 0 fully saturated rings. The number of halogens is 1. The molecular weight excluding hydrogens is 203 g/mol. The minimum Gasteiger partial charge on any atom is -0.264 e. The van der Waals surface area contributed by atoms with Crippen LogP contribution in [0.1, 0.15) is 16.7 Å². The molecule has 0 atom stereocenters. The zero-order valence-electron chi connectivity index (χ0n) is 8.52. The van der Waals surface area contributed by atoms with Crippen LogP contribution in [0.15, 0.2) is 42.7 Å². The summed E-state index contributed by atoms with van der Waals surface area (Å²) in [5, 5.41) is 8.71. The standard InChI is InChI=1S/C13H9FN2/c14-13-4-3-10(7-12(13)8-15)6-11-2-1-5-16-9-11/h1-5,7,9H,6H2. The second-order valence-corrected chi connectivity index (χ2v) is 3.46. The largest absolute Gasteiger partial charge is 0.264 e. The van der Waals surface area contributed by atoms with Gasteiger partial charge in [-0.25, -0.2) is 4.39 Å². The quantitative estimate of drug-likeness (QED) is 0.767. The minimum atomic E-state index is -0.475. The first-order valence-corrected chi connectivity index (χ1v) is 4.87. The van der Waals surface area contributed by atoms with Crippen molar-refractivity contribution in [3.63, 3.8) is 0 Å². The summed E-state index contributed by atoms with van der Waals surface area (Å²) in [4.78, 5) is 4.00. The van der Waals surface area contributed by atoms with Crippen LogP contribution in [0.4, 0.5) is 4.39 Å². The first kappa shape index (κ1) is 10.3. The molecule has 0 bridgehead atoms. The van der Waals surface area contributed by atoms with Crippen molar-refractivity contribution >= 4 is 0 Å². The summed E-state index contributed by atoms with van der Waals surface area (Å²) < 4.78 is 13.1.